The van der Waals surface area contributed by atoms with E-state index in [4.69, 9.17) is 10.5 Å². The van der Waals surface area contributed by atoms with Gasteiger partial charge in [0.05, 0.1) is 5.92 Å². The molecule has 0 fully saturated rings. The van der Waals surface area contributed by atoms with Crippen LogP contribution in [0, 0.1) is 23.0 Å². The predicted octanol–water partition coefficient (Wildman–Crippen LogP) is 4.84. The number of nitriles is 1. The molecule has 0 saturated carbocycles. The second-order valence-corrected chi connectivity index (χ2v) is 7.77. The Hall–Kier alpha value is -3.43. The normalized spacial score (nSPS) is 20.5. The summed E-state index contributed by atoms with van der Waals surface area (Å²) in [4.78, 5) is 2.25. The van der Waals surface area contributed by atoms with Gasteiger partial charge in [0.2, 0.25) is 5.88 Å². The Balaban J connectivity index is 1.88. The van der Waals surface area contributed by atoms with E-state index in [9.17, 15) is 14.0 Å². The van der Waals surface area contributed by atoms with Crippen molar-refractivity contribution in [1.29, 1.82) is 5.26 Å². The van der Waals surface area contributed by atoms with Gasteiger partial charge in [-0.05, 0) is 60.0 Å². The van der Waals surface area contributed by atoms with Gasteiger partial charge in [-0.15, -0.1) is 0 Å². The molecular weight excluding hydrogens is 396 g/mol. The highest BCUT2D eigenvalue weighted by Gasteiger charge is 2.37. The lowest BCUT2D eigenvalue weighted by atomic mass is 9.80. The summed E-state index contributed by atoms with van der Waals surface area (Å²) in [7, 11) is 0. The number of nitrogens with two attached hydrogens (primary N) is 1. The standard InChI is InChI=1S/C25H23F2N3O/c1-2-9-30-14-18(10-16-5-3-7-19(26)11-16)24-22(15-30)23(21(13-28)25(29)31-24)17-6-4-8-20(27)12-17/h3-8,10-12,23H,2,9,14-15,29H2,1H3. The van der Waals surface area contributed by atoms with Crippen molar-refractivity contribution in [3.8, 4) is 6.07 Å². The number of halogens is 2. The van der Waals surface area contributed by atoms with Gasteiger partial charge in [0.15, 0.2) is 0 Å². The van der Waals surface area contributed by atoms with E-state index in [1.165, 1.54) is 24.3 Å². The first-order valence-corrected chi connectivity index (χ1v) is 10.2. The molecule has 158 valence electrons. The van der Waals surface area contributed by atoms with Crippen molar-refractivity contribution in [3.63, 3.8) is 0 Å². The summed E-state index contributed by atoms with van der Waals surface area (Å²) in [5.41, 5.74) is 9.48. The van der Waals surface area contributed by atoms with Crippen LogP contribution in [-0.4, -0.2) is 24.5 Å². The Morgan fingerprint density at radius 2 is 1.90 bits per heavy atom. The molecule has 6 heteroatoms. The quantitative estimate of drug-likeness (QED) is 0.771. The Morgan fingerprint density at radius 3 is 2.58 bits per heavy atom. The van der Waals surface area contributed by atoms with Gasteiger partial charge >= 0.3 is 0 Å². The maximum absolute atomic E-state index is 14.0. The molecule has 0 spiro atoms. The maximum atomic E-state index is 14.0. The third-order valence-electron chi connectivity index (χ3n) is 5.52. The molecular formula is C25H23F2N3O. The fourth-order valence-corrected chi connectivity index (χ4v) is 4.28. The highest BCUT2D eigenvalue weighted by Crippen LogP contribution is 2.43. The van der Waals surface area contributed by atoms with E-state index in [2.05, 4.69) is 17.9 Å². The van der Waals surface area contributed by atoms with Gasteiger partial charge in [0, 0.05) is 18.7 Å². The molecule has 31 heavy (non-hydrogen) atoms. The number of benzene rings is 2. The summed E-state index contributed by atoms with van der Waals surface area (Å²) >= 11 is 0. The highest BCUT2D eigenvalue weighted by molar-refractivity contribution is 5.63. The van der Waals surface area contributed by atoms with E-state index in [-0.39, 0.29) is 23.1 Å². The van der Waals surface area contributed by atoms with Crippen LogP contribution >= 0.6 is 0 Å². The zero-order valence-corrected chi connectivity index (χ0v) is 17.2. The summed E-state index contributed by atoms with van der Waals surface area (Å²) in [5.74, 6) is -0.594. The molecule has 2 aliphatic heterocycles. The van der Waals surface area contributed by atoms with Gasteiger partial charge in [-0.2, -0.15) is 5.26 Å². The lowest BCUT2D eigenvalue weighted by molar-refractivity contribution is 0.234. The van der Waals surface area contributed by atoms with E-state index in [1.54, 1.807) is 18.2 Å². The molecule has 0 radical (unpaired) electrons. The average Bonchev–Trinajstić information content (AvgIpc) is 2.73. The minimum absolute atomic E-state index is 0.0181. The largest absolute Gasteiger partial charge is 0.440 e. The van der Waals surface area contributed by atoms with E-state index in [1.807, 2.05) is 12.1 Å². The van der Waals surface area contributed by atoms with Crippen LogP contribution in [-0.2, 0) is 4.74 Å². The van der Waals surface area contributed by atoms with Crippen LogP contribution in [0.4, 0.5) is 8.78 Å². The Kier molecular flexibility index (Phi) is 5.88. The SMILES string of the molecule is CCCN1CC(=Cc2cccc(F)c2)C2=C(C1)C(c1cccc(F)c1)C(C#N)=C(N)O2. The Bertz CT molecular complexity index is 1140. The minimum Gasteiger partial charge on any atom is -0.440 e. The lowest BCUT2D eigenvalue weighted by Gasteiger charge is -2.38. The van der Waals surface area contributed by atoms with Gasteiger partial charge < -0.3 is 10.5 Å². The molecule has 0 bridgehead atoms. The maximum Gasteiger partial charge on any atom is 0.205 e. The number of ether oxygens (including phenoxy) is 1. The molecule has 2 N–H and O–H groups in total. The smallest absolute Gasteiger partial charge is 0.205 e. The molecule has 0 amide bonds. The molecule has 1 atom stereocenters. The summed E-state index contributed by atoms with van der Waals surface area (Å²) in [6.45, 7) is 4.12. The molecule has 0 saturated heterocycles. The number of rotatable bonds is 4. The summed E-state index contributed by atoms with van der Waals surface area (Å²) in [5, 5.41) is 9.80. The Morgan fingerprint density at radius 1 is 1.16 bits per heavy atom. The zero-order chi connectivity index (χ0) is 22.0. The van der Waals surface area contributed by atoms with Crippen molar-refractivity contribution in [2.75, 3.05) is 19.6 Å². The summed E-state index contributed by atoms with van der Waals surface area (Å²) in [6, 6.07) is 14.7. The molecule has 1 unspecified atom stereocenters. The number of hydrogen-bond donors (Lipinski definition) is 1. The van der Waals surface area contributed by atoms with Crippen molar-refractivity contribution in [1.82, 2.24) is 4.90 Å². The van der Waals surface area contributed by atoms with Crippen molar-refractivity contribution in [2.45, 2.75) is 19.3 Å². The first kappa shape index (κ1) is 20.8. The van der Waals surface area contributed by atoms with Crippen LogP contribution in [0.25, 0.3) is 6.08 Å². The molecule has 4 rings (SSSR count). The third kappa shape index (κ3) is 4.23. The Labute approximate surface area is 180 Å². The van der Waals surface area contributed by atoms with E-state index >= 15 is 0 Å². The fraction of sp³-hybridized carbons (Fsp3) is 0.240. The molecule has 2 aromatic rings. The summed E-state index contributed by atoms with van der Waals surface area (Å²) in [6.07, 6.45) is 2.83. The van der Waals surface area contributed by atoms with Crippen molar-refractivity contribution in [3.05, 3.63) is 99.7 Å². The zero-order valence-electron chi connectivity index (χ0n) is 17.2. The molecule has 2 aromatic carbocycles. The van der Waals surface area contributed by atoms with Gasteiger partial charge in [-0.25, -0.2) is 8.78 Å². The predicted molar refractivity (Wildman–Crippen MR) is 115 cm³/mol. The number of hydrogen-bond acceptors (Lipinski definition) is 4. The molecule has 0 aliphatic carbocycles. The van der Waals surface area contributed by atoms with Crippen LogP contribution in [0.15, 0.2) is 76.9 Å². The van der Waals surface area contributed by atoms with E-state index < -0.39 is 5.92 Å². The second-order valence-electron chi connectivity index (χ2n) is 7.77. The summed E-state index contributed by atoms with van der Waals surface area (Å²) < 4.78 is 33.7. The van der Waals surface area contributed by atoms with E-state index in [0.29, 0.717) is 30.0 Å². The third-order valence-corrected chi connectivity index (χ3v) is 5.52. The van der Waals surface area contributed by atoms with E-state index in [0.717, 1.165) is 24.1 Å². The topological polar surface area (TPSA) is 62.3 Å². The van der Waals surface area contributed by atoms with Gasteiger partial charge in [-0.1, -0.05) is 31.2 Å². The first-order chi connectivity index (χ1) is 15.0. The number of nitrogens with zero attached hydrogens (tertiary/aromatic N) is 2. The van der Waals surface area contributed by atoms with Crippen molar-refractivity contribution >= 4 is 6.08 Å². The fourth-order valence-electron chi connectivity index (χ4n) is 4.28. The molecule has 4 nitrogen and oxygen atoms in total. The number of allylic oxidation sites excluding steroid dienone is 1. The van der Waals surface area contributed by atoms with Gasteiger partial charge in [0.25, 0.3) is 0 Å². The van der Waals surface area contributed by atoms with Crippen molar-refractivity contribution < 1.29 is 13.5 Å². The monoisotopic (exact) mass is 419 g/mol. The molecule has 2 aliphatic rings. The van der Waals surface area contributed by atoms with Crippen LogP contribution in [0.1, 0.15) is 30.4 Å². The van der Waals surface area contributed by atoms with Crippen LogP contribution in [0.3, 0.4) is 0 Å². The van der Waals surface area contributed by atoms with Crippen molar-refractivity contribution in [2.24, 2.45) is 5.73 Å². The van der Waals surface area contributed by atoms with Crippen LogP contribution in [0.5, 0.6) is 0 Å². The minimum atomic E-state index is -0.500. The highest BCUT2D eigenvalue weighted by atomic mass is 19.1. The second kappa shape index (κ2) is 8.75. The molecule has 0 aromatic heterocycles. The lowest BCUT2D eigenvalue weighted by Crippen LogP contribution is -2.38. The van der Waals surface area contributed by atoms with Crippen LogP contribution in [0.2, 0.25) is 0 Å². The molecule has 2 heterocycles. The van der Waals surface area contributed by atoms with Gasteiger partial charge in [-0.3, -0.25) is 4.90 Å². The van der Waals surface area contributed by atoms with Gasteiger partial charge in [0.1, 0.15) is 29.0 Å². The van der Waals surface area contributed by atoms with Crippen LogP contribution < -0.4 is 5.73 Å². The first-order valence-electron chi connectivity index (χ1n) is 10.2. The average molecular weight is 419 g/mol.